The standard InChI is InChI=1S/C11H20N2O5S/c1-12(8-2-3-19(17,18)7-8)11(16)6-13-4-9(14)10(15)5-13/h8-10,14-15H,2-7H2,1H3. The molecule has 2 fully saturated rings. The Balaban J connectivity index is 1.87. The Morgan fingerprint density at radius 2 is 1.89 bits per heavy atom. The predicted molar refractivity (Wildman–Crippen MR) is 68.3 cm³/mol. The van der Waals surface area contributed by atoms with Gasteiger partial charge in [-0.15, -0.1) is 0 Å². The number of β-amino-alcohol motifs (C(OH)–C–C–N with tert-alkyl or cyclic N) is 2. The molecule has 2 saturated heterocycles. The van der Waals surface area contributed by atoms with Gasteiger partial charge < -0.3 is 15.1 Å². The highest BCUT2D eigenvalue weighted by atomic mass is 32.2. The Hall–Kier alpha value is -0.700. The molecule has 8 heteroatoms. The van der Waals surface area contributed by atoms with Gasteiger partial charge in [0.1, 0.15) is 0 Å². The quantitative estimate of drug-likeness (QED) is 0.605. The second-order valence-corrected chi connectivity index (χ2v) is 7.62. The molecule has 0 aliphatic carbocycles. The molecule has 2 aliphatic heterocycles. The number of hydrogen-bond acceptors (Lipinski definition) is 6. The van der Waals surface area contributed by atoms with Crippen LogP contribution >= 0.6 is 0 Å². The second-order valence-electron chi connectivity index (χ2n) is 5.39. The number of aliphatic hydroxyl groups excluding tert-OH is 2. The number of carbonyl (C=O) groups is 1. The predicted octanol–water partition coefficient (Wildman–Crippen LogP) is -2.33. The van der Waals surface area contributed by atoms with E-state index >= 15 is 0 Å². The molecule has 0 aromatic carbocycles. The maximum absolute atomic E-state index is 12.0. The van der Waals surface area contributed by atoms with Crippen LogP contribution in [0, 0.1) is 0 Å². The Kier molecular flexibility index (Phi) is 4.14. The summed E-state index contributed by atoms with van der Waals surface area (Å²) < 4.78 is 22.8. The number of rotatable bonds is 3. The molecule has 19 heavy (non-hydrogen) atoms. The van der Waals surface area contributed by atoms with Gasteiger partial charge in [-0.25, -0.2) is 8.42 Å². The lowest BCUT2D eigenvalue weighted by molar-refractivity contribution is -0.132. The average Bonchev–Trinajstić information content (AvgIpc) is 2.81. The first-order valence-electron chi connectivity index (χ1n) is 6.33. The number of hydrogen-bond donors (Lipinski definition) is 2. The summed E-state index contributed by atoms with van der Waals surface area (Å²) >= 11 is 0. The number of sulfone groups is 1. The van der Waals surface area contributed by atoms with Crippen molar-refractivity contribution in [2.24, 2.45) is 0 Å². The largest absolute Gasteiger partial charge is 0.389 e. The highest BCUT2D eigenvalue weighted by molar-refractivity contribution is 7.91. The molecular weight excluding hydrogens is 272 g/mol. The summed E-state index contributed by atoms with van der Waals surface area (Å²) in [5.41, 5.74) is 0. The highest BCUT2D eigenvalue weighted by Crippen LogP contribution is 2.17. The third kappa shape index (κ3) is 3.44. The molecule has 3 unspecified atom stereocenters. The Morgan fingerprint density at radius 1 is 1.32 bits per heavy atom. The molecule has 7 nitrogen and oxygen atoms in total. The van der Waals surface area contributed by atoms with Crippen molar-refractivity contribution in [1.29, 1.82) is 0 Å². The van der Waals surface area contributed by atoms with E-state index in [9.17, 15) is 23.4 Å². The van der Waals surface area contributed by atoms with Crippen LogP contribution in [-0.4, -0.2) is 90.8 Å². The summed E-state index contributed by atoms with van der Waals surface area (Å²) in [6.45, 7) is 0.634. The van der Waals surface area contributed by atoms with Crippen LogP contribution in [-0.2, 0) is 14.6 Å². The molecule has 0 aromatic heterocycles. The normalized spacial score (nSPS) is 34.6. The first-order chi connectivity index (χ1) is 8.78. The molecule has 110 valence electrons. The van der Waals surface area contributed by atoms with E-state index in [0.717, 1.165) is 0 Å². The highest BCUT2D eigenvalue weighted by Gasteiger charge is 2.35. The van der Waals surface area contributed by atoms with E-state index in [-0.39, 0.29) is 43.1 Å². The fraction of sp³-hybridized carbons (Fsp3) is 0.909. The smallest absolute Gasteiger partial charge is 0.236 e. The van der Waals surface area contributed by atoms with Gasteiger partial charge in [-0.3, -0.25) is 9.69 Å². The van der Waals surface area contributed by atoms with Crippen molar-refractivity contribution >= 4 is 15.7 Å². The number of likely N-dealkylation sites (tertiary alicyclic amines) is 1. The number of carbonyl (C=O) groups excluding carboxylic acids is 1. The molecule has 0 saturated carbocycles. The van der Waals surface area contributed by atoms with Gasteiger partial charge >= 0.3 is 0 Å². The van der Waals surface area contributed by atoms with E-state index in [2.05, 4.69) is 0 Å². The fourth-order valence-corrected chi connectivity index (χ4v) is 4.34. The van der Waals surface area contributed by atoms with E-state index in [1.807, 2.05) is 0 Å². The zero-order valence-electron chi connectivity index (χ0n) is 10.9. The monoisotopic (exact) mass is 292 g/mol. The third-order valence-electron chi connectivity index (χ3n) is 3.84. The van der Waals surface area contributed by atoms with Gasteiger partial charge in [-0.2, -0.15) is 0 Å². The van der Waals surface area contributed by atoms with E-state index < -0.39 is 22.0 Å². The van der Waals surface area contributed by atoms with E-state index in [1.165, 1.54) is 4.90 Å². The number of aliphatic hydroxyl groups is 2. The van der Waals surface area contributed by atoms with Gasteiger partial charge in [0.2, 0.25) is 5.91 Å². The van der Waals surface area contributed by atoms with Gasteiger partial charge in [0.15, 0.2) is 9.84 Å². The topological polar surface area (TPSA) is 98.2 Å². The Morgan fingerprint density at radius 3 is 2.37 bits per heavy atom. The zero-order valence-corrected chi connectivity index (χ0v) is 11.7. The van der Waals surface area contributed by atoms with Crippen molar-refractivity contribution in [2.75, 3.05) is 38.2 Å². The molecule has 2 rings (SSSR count). The first-order valence-corrected chi connectivity index (χ1v) is 8.15. The molecule has 0 bridgehead atoms. The molecule has 1 amide bonds. The minimum atomic E-state index is -3.01. The number of amides is 1. The SMILES string of the molecule is CN(C(=O)CN1CC(O)C(O)C1)C1CCS(=O)(=O)C1. The average molecular weight is 292 g/mol. The lowest BCUT2D eigenvalue weighted by atomic mass is 10.2. The van der Waals surface area contributed by atoms with Gasteiger partial charge in [0, 0.05) is 26.2 Å². The summed E-state index contributed by atoms with van der Waals surface area (Å²) in [7, 11) is -1.40. The van der Waals surface area contributed by atoms with Crippen LogP contribution < -0.4 is 0 Å². The molecule has 0 spiro atoms. The Bertz CT molecular complexity index is 442. The molecule has 3 atom stereocenters. The van der Waals surface area contributed by atoms with Crippen LogP contribution in [0.3, 0.4) is 0 Å². The van der Waals surface area contributed by atoms with E-state index in [4.69, 9.17) is 0 Å². The Labute approximate surface area is 112 Å². The summed E-state index contributed by atoms with van der Waals surface area (Å²) in [6, 6.07) is -0.255. The third-order valence-corrected chi connectivity index (χ3v) is 5.59. The lowest BCUT2D eigenvalue weighted by Crippen LogP contribution is -2.43. The minimum Gasteiger partial charge on any atom is -0.389 e. The van der Waals surface area contributed by atoms with Crippen molar-refractivity contribution in [3.05, 3.63) is 0 Å². The summed E-state index contributed by atoms with van der Waals surface area (Å²) in [4.78, 5) is 15.2. The maximum Gasteiger partial charge on any atom is 0.236 e. The second kappa shape index (κ2) is 5.35. The fourth-order valence-electron chi connectivity index (χ4n) is 2.56. The van der Waals surface area contributed by atoms with Crippen molar-refractivity contribution in [1.82, 2.24) is 9.80 Å². The van der Waals surface area contributed by atoms with Crippen LogP contribution in [0.2, 0.25) is 0 Å². The molecule has 2 heterocycles. The van der Waals surface area contributed by atoms with Crippen molar-refractivity contribution < 1.29 is 23.4 Å². The van der Waals surface area contributed by atoms with Crippen molar-refractivity contribution in [2.45, 2.75) is 24.7 Å². The number of nitrogens with zero attached hydrogens (tertiary/aromatic N) is 2. The van der Waals surface area contributed by atoms with E-state index in [0.29, 0.717) is 6.42 Å². The lowest BCUT2D eigenvalue weighted by Gasteiger charge is -2.25. The summed E-state index contributed by atoms with van der Waals surface area (Å²) in [5.74, 6) is -0.0138. The van der Waals surface area contributed by atoms with Gasteiger partial charge in [0.25, 0.3) is 0 Å². The van der Waals surface area contributed by atoms with Crippen LogP contribution in [0.5, 0.6) is 0 Å². The molecule has 0 radical (unpaired) electrons. The van der Waals surface area contributed by atoms with Crippen LogP contribution in [0.15, 0.2) is 0 Å². The van der Waals surface area contributed by atoms with Gasteiger partial charge in [-0.05, 0) is 6.42 Å². The van der Waals surface area contributed by atoms with Crippen LogP contribution in [0.1, 0.15) is 6.42 Å². The maximum atomic E-state index is 12.0. The zero-order chi connectivity index (χ0) is 14.2. The van der Waals surface area contributed by atoms with Crippen molar-refractivity contribution in [3.63, 3.8) is 0 Å². The van der Waals surface area contributed by atoms with Crippen molar-refractivity contribution in [3.8, 4) is 0 Å². The van der Waals surface area contributed by atoms with E-state index in [1.54, 1.807) is 11.9 Å². The first kappa shape index (κ1) is 14.7. The summed E-state index contributed by atoms with van der Waals surface area (Å²) in [6.07, 6.45) is -1.15. The number of likely N-dealkylation sites (N-methyl/N-ethyl adjacent to an activating group) is 1. The molecular formula is C11H20N2O5S. The minimum absolute atomic E-state index is 0.0283. The molecule has 2 aliphatic rings. The van der Waals surface area contributed by atoms with Gasteiger partial charge in [0.05, 0.1) is 30.3 Å². The molecule has 0 aromatic rings. The van der Waals surface area contributed by atoms with Gasteiger partial charge in [-0.1, -0.05) is 0 Å². The summed E-state index contributed by atoms with van der Waals surface area (Å²) in [5, 5.41) is 18.8. The van der Waals surface area contributed by atoms with Crippen LogP contribution in [0.25, 0.3) is 0 Å². The molecule has 2 N–H and O–H groups in total. The van der Waals surface area contributed by atoms with Crippen LogP contribution in [0.4, 0.5) is 0 Å².